The summed E-state index contributed by atoms with van der Waals surface area (Å²) in [4.78, 5) is 0. The molecule has 2 rings (SSSR count). The molecule has 2 atom stereocenters. The largest absolute Gasteiger partial charge is 0.375 e. The van der Waals surface area contributed by atoms with Crippen LogP contribution < -0.4 is 5.32 Å². The van der Waals surface area contributed by atoms with E-state index in [1.807, 2.05) is 30.3 Å². The number of halogens is 2. The van der Waals surface area contributed by atoms with Crippen molar-refractivity contribution in [2.45, 2.75) is 19.1 Å². The summed E-state index contributed by atoms with van der Waals surface area (Å²) in [5.41, 5.74) is 2.05. The molecule has 2 aromatic rings. The Kier molecular flexibility index (Phi) is 6.07. The third kappa shape index (κ3) is 3.98. The first-order valence-corrected chi connectivity index (χ1v) is 7.69. The summed E-state index contributed by atoms with van der Waals surface area (Å²) >= 11 is 12.5. The zero-order valence-corrected chi connectivity index (χ0v) is 13.7. The van der Waals surface area contributed by atoms with Crippen LogP contribution in [0.4, 0.5) is 0 Å². The molecule has 0 aliphatic heterocycles. The maximum absolute atomic E-state index is 6.36. The average molecular weight is 324 g/mol. The third-order valence-corrected chi connectivity index (χ3v) is 3.98. The van der Waals surface area contributed by atoms with Crippen LogP contribution in [0.25, 0.3) is 0 Å². The standard InChI is InChI=1S/C17H19Cl2NO/c1-3-20-16(14-11-13(18)9-10-15(14)19)17(21-2)12-7-5-4-6-8-12/h4-11,16-17,20H,3H2,1-2H3. The highest BCUT2D eigenvalue weighted by Crippen LogP contribution is 2.36. The van der Waals surface area contributed by atoms with E-state index in [0.29, 0.717) is 10.0 Å². The van der Waals surface area contributed by atoms with Crippen molar-refractivity contribution in [2.75, 3.05) is 13.7 Å². The van der Waals surface area contributed by atoms with E-state index >= 15 is 0 Å². The second kappa shape index (κ2) is 7.81. The smallest absolute Gasteiger partial charge is 0.102 e. The normalized spacial score (nSPS) is 13.9. The van der Waals surface area contributed by atoms with Crippen LogP contribution in [0.1, 0.15) is 30.2 Å². The Balaban J connectivity index is 2.43. The number of methoxy groups -OCH3 is 1. The summed E-state index contributed by atoms with van der Waals surface area (Å²) in [6, 6.07) is 15.6. The van der Waals surface area contributed by atoms with Crippen molar-refractivity contribution >= 4 is 23.2 Å². The zero-order chi connectivity index (χ0) is 15.2. The van der Waals surface area contributed by atoms with E-state index in [-0.39, 0.29) is 12.1 Å². The van der Waals surface area contributed by atoms with Crippen LogP contribution in [0.5, 0.6) is 0 Å². The predicted octanol–water partition coefficient (Wildman–Crippen LogP) is 5.03. The van der Waals surface area contributed by atoms with Gasteiger partial charge in [0.15, 0.2) is 0 Å². The molecule has 2 nitrogen and oxygen atoms in total. The van der Waals surface area contributed by atoms with Gasteiger partial charge in [0.1, 0.15) is 6.10 Å². The molecule has 4 heteroatoms. The van der Waals surface area contributed by atoms with E-state index in [2.05, 4.69) is 24.4 Å². The van der Waals surface area contributed by atoms with Crippen molar-refractivity contribution in [2.24, 2.45) is 0 Å². The first-order chi connectivity index (χ1) is 10.2. The number of likely N-dealkylation sites (N-methyl/N-ethyl adjacent to an activating group) is 1. The van der Waals surface area contributed by atoms with E-state index in [1.54, 1.807) is 13.2 Å². The second-order valence-corrected chi connectivity index (χ2v) is 5.61. The van der Waals surface area contributed by atoms with Crippen molar-refractivity contribution in [3.05, 3.63) is 69.7 Å². The van der Waals surface area contributed by atoms with E-state index < -0.39 is 0 Å². The van der Waals surface area contributed by atoms with E-state index in [0.717, 1.165) is 17.7 Å². The molecule has 21 heavy (non-hydrogen) atoms. The molecular weight excluding hydrogens is 305 g/mol. The zero-order valence-electron chi connectivity index (χ0n) is 12.1. The third-order valence-electron chi connectivity index (χ3n) is 3.40. The molecule has 0 aliphatic carbocycles. The van der Waals surface area contributed by atoms with Gasteiger partial charge in [0.25, 0.3) is 0 Å². The van der Waals surface area contributed by atoms with Crippen molar-refractivity contribution in [1.82, 2.24) is 5.32 Å². The fourth-order valence-corrected chi connectivity index (χ4v) is 2.88. The van der Waals surface area contributed by atoms with Gasteiger partial charge in [0.2, 0.25) is 0 Å². The molecule has 1 N–H and O–H groups in total. The Morgan fingerprint density at radius 1 is 1.10 bits per heavy atom. The summed E-state index contributed by atoms with van der Waals surface area (Å²) in [5.74, 6) is 0. The molecule has 0 aliphatic rings. The van der Waals surface area contributed by atoms with Crippen LogP contribution in [-0.2, 0) is 4.74 Å². The fourth-order valence-electron chi connectivity index (χ4n) is 2.46. The molecule has 0 saturated heterocycles. The van der Waals surface area contributed by atoms with E-state index in [4.69, 9.17) is 27.9 Å². The van der Waals surface area contributed by atoms with Crippen molar-refractivity contribution in [1.29, 1.82) is 0 Å². The van der Waals surface area contributed by atoms with Gasteiger partial charge in [-0.2, -0.15) is 0 Å². The molecule has 0 spiro atoms. The van der Waals surface area contributed by atoms with E-state index in [9.17, 15) is 0 Å². The van der Waals surface area contributed by atoms with Gasteiger partial charge in [-0.05, 0) is 35.9 Å². The van der Waals surface area contributed by atoms with E-state index in [1.165, 1.54) is 0 Å². The molecule has 0 heterocycles. The number of rotatable bonds is 6. The van der Waals surface area contributed by atoms with Gasteiger partial charge in [0, 0.05) is 17.2 Å². The molecule has 0 fully saturated rings. The lowest BCUT2D eigenvalue weighted by atomic mass is 9.95. The predicted molar refractivity (Wildman–Crippen MR) is 89.1 cm³/mol. The fraction of sp³-hybridized carbons (Fsp3) is 0.294. The second-order valence-electron chi connectivity index (χ2n) is 4.77. The molecule has 112 valence electrons. The van der Waals surface area contributed by atoms with Crippen LogP contribution >= 0.6 is 23.2 Å². The number of ether oxygens (including phenoxy) is 1. The van der Waals surface area contributed by atoms with Gasteiger partial charge in [-0.3, -0.25) is 0 Å². The molecule has 0 aromatic heterocycles. The summed E-state index contributed by atoms with van der Waals surface area (Å²) in [7, 11) is 1.71. The minimum absolute atomic E-state index is 0.0615. The Morgan fingerprint density at radius 2 is 1.81 bits per heavy atom. The SMILES string of the molecule is CCNC(c1cc(Cl)ccc1Cl)C(OC)c1ccccc1. The molecule has 0 amide bonds. The number of hydrogen-bond donors (Lipinski definition) is 1. The summed E-state index contributed by atoms with van der Waals surface area (Å²) < 4.78 is 5.74. The first kappa shape index (κ1) is 16.3. The Morgan fingerprint density at radius 3 is 2.43 bits per heavy atom. The van der Waals surface area contributed by atoms with Crippen molar-refractivity contribution < 1.29 is 4.74 Å². The number of hydrogen-bond acceptors (Lipinski definition) is 2. The van der Waals surface area contributed by atoms with Gasteiger partial charge in [-0.25, -0.2) is 0 Å². The molecule has 2 aromatic carbocycles. The molecule has 0 bridgehead atoms. The highest BCUT2D eigenvalue weighted by molar-refractivity contribution is 6.33. The van der Waals surface area contributed by atoms with Gasteiger partial charge >= 0.3 is 0 Å². The topological polar surface area (TPSA) is 21.3 Å². The Bertz CT molecular complexity index is 574. The maximum Gasteiger partial charge on any atom is 0.102 e. The van der Waals surface area contributed by atoms with Crippen LogP contribution in [0.15, 0.2) is 48.5 Å². The van der Waals surface area contributed by atoms with Crippen LogP contribution in [-0.4, -0.2) is 13.7 Å². The minimum atomic E-state index is -0.137. The van der Waals surface area contributed by atoms with Crippen molar-refractivity contribution in [3.8, 4) is 0 Å². The molecular formula is C17H19Cl2NO. The van der Waals surface area contributed by atoms with Crippen LogP contribution in [0.3, 0.4) is 0 Å². The number of nitrogens with one attached hydrogen (secondary N) is 1. The lowest BCUT2D eigenvalue weighted by Crippen LogP contribution is -2.28. The highest BCUT2D eigenvalue weighted by Gasteiger charge is 2.26. The Labute approximate surface area is 136 Å². The quantitative estimate of drug-likeness (QED) is 0.804. The maximum atomic E-state index is 6.36. The summed E-state index contributed by atoms with van der Waals surface area (Å²) in [6.45, 7) is 2.86. The Hall–Kier alpha value is -1.06. The van der Waals surface area contributed by atoms with Crippen LogP contribution in [0, 0.1) is 0 Å². The lowest BCUT2D eigenvalue weighted by molar-refractivity contribution is 0.0682. The minimum Gasteiger partial charge on any atom is -0.375 e. The average Bonchev–Trinajstić information content (AvgIpc) is 2.51. The summed E-state index contributed by atoms with van der Waals surface area (Å²) in [5, 5.41) is 4.80. The molecule has 0 radical (unpaired) electrons. The molecule has 2 unspecified atom stereocenters. The first-order valence-electron chi connectivity index (χ1n) is 6.93. The van der Waals surface area contributed by atoms with Crippen molar-refractivity contribution in [3.63, 3.8) is 0 Å². The summed E-state index contributed by atoms with van der Waals surface area (Å²) in [6.07, 6.45) is -0.137. The van der Waals surface area contributed by atoms with Gasteiger partial charge < -0.3 is 10.1 Å². The monoisotopic (exact) mass is 323 g/mol. The lowest BCUT2D eigenvalue weighted by Gasteiger charge is -2.28. The highest BCUT2D eigenvalue weighted by atomic mass is 35.5. The van der Waals surface area contributed by atoms with Crippen LogP contribution in [0.2, 0.25) is 10.0 Å². The van der Waals surface area contributed by atoms with Gasteiger partial charge in [0.05, 0.1) is 6.04 Å². The molecule has 0 saturated carbocycles. The van der Waals surface area contributed by atoms with Gasteiger partial charge in [-0.15, -0.1) is 0 Å². The number of benzene rings is 2. The van der Waals surface area contributed by atoms with Gasteiger partial charge in [-0.1, -0.05) is 60.5 Å².